The topological polar surface area (TPSA) is 28.1 Å². The molecule has 0 aliphatic carbocycles. The van der Waals surface area contributed by atoms with Crippen LogP contribution in [0.2, 0.25) is 0 Å². The Hall–Kier alpha value is 1.27. The molecule has 0 fully saturated rings. The first-order valence-electron chi connectivity index (χ1n) is 0.647. The van der Waals surface area contributed by atoms with E-state index in [-0.39, 0.29) is 51.4 Å². The fourth-order valence-electron chi connectivity index (χ4n) is 0. The van der Waals surface area contributed by atoms with Gasteiger partial charge in [0.2, 0.25) is 0 Å². The summed E-state index contributed by atoms with van der Waals surface area (Å²) in [5, 5.41) is 7.26. The number of rotatable bonds is 0. The predicted molar refractivity (Wildman–Crippen MR) is 22.2 cm³/mol. The molecule has 4 heavy (non-hydrogen) atoms. The molecule has 0 saturated heterocycles. The standard InChI is InChI=1S/K.H3N2Si.H/c;1-2-3;/h;3H3;/q;+1;. The van der Waals surface area contributed by atoms with Crippen LogP contribution in [0.4, 0.5) is 0 Å². The molecule has 0 rings (SSSR count). The maximum absolute atomic E-state index is 7.26. The molecule has 4 heteroatoms. The molecule has 0 amide bonds. The monoisotopic (exact) mass is 99.0 g/mol. The van der Waals surface area contributed by atoms with E-state index >= 15 is 0 Å². The van der Waals surface area contributed by atoms with E-state index in [1.807, 2.05) is 0 Å². The van der Waals surface area contributed by atoms with Gasteiger partial charge < -0.3 is 0 Å². The Morgan fingerprint density at radius 3 is 1.75 bits per heavy atom. The second-order valence-corrected chi connectivity index (χ2v) is 0.600. The zero-order valence-corrected chi connectivity index (χ0v) is 3.89. The normalized spacial score (nSPS) is 2.75. The van der Waals surface area contributed by atoms with Crippen molar-refractivity contribution < 1.29 is 0 Å². The van der Waals surface area contributed by atoms with Crippen molar-refractivity contribution in [1.82, 2.24) is 0 Å². The number of nitrogens with zero attached hydrogens (tertiary/aromatic N) is 2. The van der Waals surface area contributed by atoms with Gasteiger partial charge in [0.15, 0.2) is 5.39 Å². The Kier molecular flexibility index (Phi) is 19.9. The van der Waals surface area contributed by atoms with Crippen LogP contribution in [0.25, 0.3) is 4.64 Å². The number of hydrogen-bond donors (Lipinski definition) is 0. The first-order chi connectivity index (χ1) is 1.41. The first kappa shape index (κ1) is 8.99. The number of diazo groups is 1. The fourth-order valence-corrected chi connectivity index (χ4v) is 0. The average Bonchev–Trinajstić information content (AvgIpc) is 0.918. The Morgan fingerprint density at radius 2 is 1.75 bits per heavy atom. The Balaban J connectivity index is 0. The molecule has 0 aromatic heterocycles. The van der Waals surface area contributed by atoms with Crippen LogP contribution in [-0.2, 0) is 0 Å². The summed E-state index contributed by atoms with van der Waals surface area (Å²) in [6.45, 7) is 0. The van der Waals surface area contributed by atoms with Gasteiger partial charge >= 0.3 is 61.8 Å². The molecule has 0 radical (unpaired) electrons. The molecule has 0 aromatic rings. The molecule has 0 unspecified atom stereocenters. The van der Waals surface area contributed by atoms with E-state index in [9.17, 15) is 0 Å². The summed E-state index contributed by atoms with van der Waals surface area (Å²) in [6.07, 6.45) is 0. The molecule has 0 atom stereocenters. The third-order valence-corrected chi connectivity index (χ3v) is 0. The minimum absolute atomic E-state index is 0. The van der Waals surface area contributed by atoms with Gasteiger partial charge in [0.05, 0.1) is 0 Å². The van der Waals surface area contributed by atoms with Crippen LogP contribution in [-0.4, -0.2) is 61.8 Å². The van der Waals surface area contributed by atoms with Crippen molar-refractivity contribution >= 4 is 61.8 Å². The van der Waals surface area contributed by atoms with E-state index in [0.717, 1.165) is 0 Å². The summed E-state index contributed by atoms with van der Waals surface area (Å²) in [4.78, 5) is 0. The second-order valence-electron chi connectivity index (χ2n) is 0.200. The Morgan fingerprint density at radius 1 is 1.75 bits per heavy atom. The molecule has 0 saturated carbocycles. The third kappa shape index (κ3) is 10.4. The van der Waals surface area contributed by atoms with E-state index < -0.39 is 0 Å². The second kappa shape index (κ2) is 8.86. The van der Waals surface area contributed by atoms with Crippen molar-refractivity contribution in [1.29, 1.82) is 5.39 Å². The molecular weight excluding hydrogens is 95.2 g/mol. The molecule has 0 spiro atoms. The maximum atomic E-state index is 7.26. The SMILES string of the molecule is N#[N+][SiH3].[KH]. The first-order valence-corrected chi connectivity index (χ1v) is 1.54. The van der Waals surface area contributed by atoms with Crippen molar-refractivity contribution in [3.8, 4) is 0 Å². The summed E-state index contributed by atoms with van der Waals surface area (Å²) in [7, 11) is 0.549. The zero-order valence-electron chi connectivity index (χ0n) is 1.89. The van der Waals surface area contributed by atoms with Crippen LogP contribution in [0, 0.1) is 5.39 Å². The van der Waals surface area contributed by atoms with Crippen molar-refractivity contribution in [2.24, 2.45) is 0 Å². The molecule has 0 aromatic carbocycles. The van der Waals surface area contributed by atoms with Crippen LogP contribution in [0.15, 0.2) is 0 Å². The Labute approximate surface area is 70.5 Å². The van der Waals surface area contributed by atoms with Gasteiger partial charge in [0, 0.05) is 0 Å². The van der Waals surface area contributed by atoms with Gasteiger partial charge in [0.1, 0.15) is 0 Å². The molecule has 0 N–H and O–H groups in total. The van der Waals surface area contributed by atoms with Crippen LogP contribution in [0.5, 0.6) is 0 Å². The van der Waals surface area contributed by atoms with E-state index in [1.165, 1.54) is 0 Å². The molecule has 0 heterocycles. The van der Waals surface area contributed by atoms with Gasteiger partial charge in [-0.25, -0.2) is 0 Å². The van der Waals surface area contributed by atoms with Crippen LogP contribution < -0.4 is 0 Å². The van der Waals surface area contributed by atoms with Crippen molar-refractivity contribution in [2.75, 3.05) is 0 Å². The summed E-state index contributed by atoms with van der Waals surface area (Å²) >= 11 is 0. The third-order valence-electron chi connectivity index (χ3n) is 0. The van der Waals surface area contributed by atoms with E-state index in [1.54, 1.807) is 0 Å². The van der Waals surface area contributed by atoms with Crippen molar-refractivity contribution in [3.63, 3.8) is 0 Å². The van der Waals surface area contributed by atoms with Crippen molar-refractivity contribution in [3.05, 3.63) is 4.64 Å². The van der Waals surface area contributed by atoms with Gasteiger partial charge in [-0.05, 0) is 4.64 Å². The molecule has 18 valence electrons. The molecule has 0 aliphatic heterocycles. The summed E-state index contributed by atoms with van der Waals surface area (Å²) in [5.74, 6) is 0. The van der Waals surface area contributed by atoms with Gasteiger partial charge in [0.25, 0.3) is 0 Å². The summed E-state index contributed by atoms with van der Waals surface area (Å²) in [6, 6.07) is 0. The minimum atomic E-state index is 0. The van der Waals surface area contributed by atoms with Crippen LogP contribution in [0.3, 0.4) is 0 Å². The van der Waals surface area contributed by atoms with E-state index in [0.29, 0.717) is 10.4 Å². The van der Waals surface area contributed by atoms with Gasteiger partial charge in [-0.15, -0.1) is 0 Å². The zero-order chi connectivity index (χ0) is 2.71. The molecular formula is H4KN2Si+. The Bertz CT molecular complexity index is 27.5. The molecule has 2 nitrogen and oxygen atoms in total. The van der Waals surface area contributed by atoms with Gasteiger partial charge in [-0.1, -0.05) is 0 Å². The fraction of sp³-hybridized carbons (Fsp3) is 0. The van der Waals surface area contributed by atoms with E-state index in [4.69, 9.17) is 5.39 Å². The van der Waals surface area contributed by atoms with Gasteiger partial charge in [-0.2, -0.15) is 0 Å². The summed E-state index contributed by atoms with van der Waals surface area (Å²) < 4.78 is 2.64. The van der Waals surface area contributed by atoms with Crippen molar-refractivity contribution in [2.45, 2.75) is 0 Å². The van der Waals surface area contributed by atoms with Crippen LogP contribution in [0.1, 0.15) is 0 Å². The predicted octanol–water partition coefficient (Wildman–Crippen LogP) is -1.53. The van der Waals surface area contributed by atoms with E-state index in [2.05, 4.69) is 4.64 Å². The van der Waals surface area contributed by atoms with Crippen LogP contribution >= 0.6 is 0 Å². The van der Waals surface area contributed by atoms with Gasteiger partial charge in [-0.3, -0.25) is 0 Å². The number of hydrogen-bond acceptors (Lipinski definition) is 1. The molecule has 0 aliphatic rings. The summed E-state index contributed by atoms with van der Waals surface area (Å²) in [5.41, 5.74) is 0. The quantitative estimate of drug-likeness (QED) is 0.267. The molecule has 0 bridgehead atoms. The average molecular weight is 99.2 g/mol.